The highest BCUT2D eigenvalue weighted by molar-refractivity contribution is 7.98. The van der Waals surface area contributed by atoms with E-state index in [2.05, 4.69) is 51.3 Å². The molecule has 2 aromatic rings. The van der Waals surface area contributed by atoms with E-state index in [9.17, 15) is 4.79 Å². The Hall–Kier alpha value is -1.66. The van der Waals surface area contributed by atoms with Crippen molar-refractivity contribution >= 4 is 34.8 Å². The third-order valence-electron chi connectivity index (χ3n) is 4.06. The number of rotatable bonds is 6. The topological polar surface area (TPSA) is 35.6 Å². The molecule has 6 heteroatoms. The average molecular weight is 362 g/mol. The number of hydrogen-bond donors (Lipinski definition) is 1. The van der Waals surface area contributed by atoms with E-state index >= 15 is 0 Å². The number of hydrogen-bond acceptors (Lipinski definition) is 4. The smallest absolute Gasteiger partial charge is 0.317 e. The van der Waals surface area contributed by atoms with Gasteiger partial charge in [-0.05, 0) is 34.5 Å². The molecule has 1 aromatic heterocycles. The lowest BCUT2D eigenvalue weighted by Crippen LogP contribution is -2.52. The van der Waals surface area contributed by atoms with Gasteiger partial charge in [0.2, 0.25) is 0 Å². The van der Waals surface area contributed by atoms with Crippen LogP contribution >= 0.6 is 23.1 Å². The zero-order valence-corrected chi connectivity index (χ0v) is 15.3. The molecule has 128 valence electrons. The summed E-state index contributed by atoms with van der Waals surface area (Å²) in [5, 5.41) is 7.32. The fraction of sp³-hybridized carbons (Fsp3) is 0.389. The summed E-state index contributed by atoms with van der Waals surface area (Å²) in [5.41, 5.74) is 2.61. The molecule has 4 nitrogen and oxygen atoms in total. The second-order valence-electron chi connectivity index (χ2n) is 5.73. The third kappa shape index (κ3) is 4.92. The highest BCUT2D eigenvalue weighted by atomic mass is 32.2. The number of thioether (sulfide) groups is 1. The number of para-hydroxylation sites is 1. The SMILES string of the molecule is O=C(NCCSCc1ccsc1)N1CCN(c2ccccc2)CC1. The Labute approximate surface area is 151 Å². The normalized spacial score (nSPS) is 14.7. The Morgan fingerprint density at radius 1 is 1.12 bits per heavy atom. The second kappa shape index (κ2) is 8.99. The number of piperazine rings is 1. The predicted octanol–water partition coefficient (Wildman–Crippen LogP) is 3.51. The van der Waals surface area contributed by atoms with Gasteiger partial charge in [0.25, 0.3) is 0 Å². The van der Waals surface area contributed by atoms with Crippen LogP contribution in [0.15, 0.2) is 47.2 Å². The van der Waals surface area contributed by atoms with Gasteiger partial charge in [0.1, 0.15) is 0 Å². The van der Waals surface area contributed by atoms with Crippen LogP contribution in [0.25, 0.3) is 0 Å². The fourth-order valence-corrected chi connectivity index (χ4v) is 4.29. The van der Waals surface area contributed by atoms with Gasteiger partial charge in [0.05, 0.1) is 0 Å². The van der Waals surface area contributed by atoms with Crippen molar-refractivity contribution in [3.8, 4) is 0 Å². The molecule has 1 aliphatic heterocycles. The third-order valence-corrected chi connectivity index (χ3v) is 5.82. The summed E-state index contributed by atoms with van der Waals surface area (Å²) in [6, 6.07) is 12.6. The summed E-state index contributed by atoms with van der Waals surface area (Å²) < 4.78 is 0. The minimum Gasteiger partial charge on any atom is -0.368 e. The first-order valence-corrected chi connectivity index (χ1v) is 10.3. The molecule has 0 radical (unpaired) electrons. The molecule has 2 heterocycles. The van der Waals surface area contributed by atoms with Gasteiger partial charge in [-0.15, -0.1) is 0 Å². The van der Waals surface area contributed by atoms with Gasteiger partial charge in [-0.25, -0.2) is 4.79 Å². The maximum absolute atomic E-state index is 12.2. The van der Waals surface area contributed by atoms with Crippen molar-refractivity contribution in [3.63, 3.8) is 0 Å². The van der Waals surface area contributed by atoms with Crippen molar-refractivity contribution in [1.29, 1.82) is 0 Å². The highest BCUT2D eigenvalue weighted by Gasteiger charge is 2.20. The number of thiophene rings is 1. The van der Waals surface area contributed by atoms with Gasteiger partial charge in [-0.1, -0.05) is 18.2 Å². The van der Waals surface area contributed by atoms with E-state index in [-0.39, 0.29) is 6.03 Å². The zero-order chi connectivity index (χ0) is 16.6. The maximum atomic E-state index is 12.2. The summed E-state index contributed by atoms with van der Waals surface area (Å²) in [5.74, 6) is 1.97. The lowest BCUT2D eigenvalue weighted by Gasteiger charge is -2.36. The molecule has 1 saturated heterocycles. The molecule has 1 fully saturated rings. The number of nitrogens with one attached hydrogen (secondary N) is 1. The first kappa shape index (κ1) is 17.2. The summed E-state index contributed by atoms with van der Waals surface area (Å²) in [6.07, 6.45) is 0. The summed E-state index contributed by atoms with van der Waals surface area (Å²) in [7, 11) is 0. The summed E-state index contributed by atoms with van der Waals surface area (Å²) >= 11 is 3.59. The van der Waals surface area contributed by atoms with E-state index in [0.29, 0.717) is 0 Å². The summed E-state index contributed by atoms with van der Waals surface area (Å²) in [6.45, 7) is 4.08. The molecule has 1 aliphatic rings. The van der Waals surface area contributed by atoms with Gasteiger partial charge in [-0.3, -0.25) is 0 Å². The van der Waals surface area contributed by atoms with Crippen LogP contribution in [0, 0.1) is 0 Å². The molecule has 1 N–H and O–H groups in total. The number of nitrogens with zero attached hydrogens (tertiary/aromatic N) is 2. The Morgan fingerprint density at radius 2 is 1.92 bits per heavy atom. The van der Waals surface area contributed by atoms with Crippen molar-refractivity contribution in [2.45, 2.75) is 5.75 Å². The van der Waals surface area contributed by atoms with Gasteiger partial charge in [0, 0.05) is 49.9 Å². The van der Waals surface area contributed by atoms with E-state index in [1.165, 1.54) is 11.3 Å². The molecular formula is C18H23N3OS2. The fourth-order valence-electron chi connectivity index (χ4n) is 2.71. The second-order valence-corrected chi connectivity index (χ2v) is 7.61. The largest absolute Gasteiger partial charge is 0.368 e. The number of anilines is 1. The molecule has 3 rings (SSSR count). The first-order valence-electron chi connectivity index (χ1n) is 8.24. The van der Waals surface area contributed by atoms with Gasteiger partial charge < -0.3 is 15.1 Å². The van der Waals surface area contributed by atoms with E-state index < -0.39 is 0 Å². The molecule has 0 atom stereocenters. The van der Waals surface area contributed by atoms with E-state index in [0.717, 1.165) is 44.2 Å². The van der Waals surface area contributed by atoms with E-state index in [1.54, 1.807) is 11.3 Å². The Kier molecular flexibility index (Phi) is 6.43. The lowest BCUT2D eigenvalue weighted by molar-refractivity contribution is 0.195. The van der Waals surface area contributed by atoms with Crippen molar-refractivity contribution < 1.29 is 4.79 Å². The van der Waals surface area contributed by atoms with E-state index in [4.69, 9.17) is 0 Å². The van der Waals surface area contributed by atoms with Gasteiger partial charge >= 0.3 is 6.03 Å². The van der Waals surface area contributed by atoms with Crippen LogP contribution in [0.4, 0.5) is 10.5 Å². The highest BCUT2D eigenvalue weighted by Crippen LogP contribution is 2.16. The molecule has 0 unspecified atom stereocenters. The van der Waals surface area contributed by atoms with Crippen molar-refractivity contribution in [1.82, 2.24) is 10.2 Å². The van der Waals surface area contributed by atoms with Crippen LogP contribution in [-0.4, -0.2) is 49.4 Å². The number of amides is 2. The zero-order valence-electron chi connectivity index (χ0n) is 13.7. The van der Waals surface area contributed by atoms with Crippen LogP contribution in [-0.2, 0) is 5.75 Å². The lowest BCUT2D eigenvalue weighted by atomic mass is 10.2. The van der Waals surface area contributed by atoms with Crippen LogP contribution in [0.3, 0.4) is 0 Å². The van der Waals surface area contributed by atoms with Crippen LogP contribution in [0.1, 0.15) is 5.56 Å². The predicted molar refractivity (Wildman–Crippen MR) is 104 cm³/mol. The first-order chi connectivity index (χ1) is 11.8. The molecule has 24 heavy (non-hydrogen) atoms. The van der Waals surface area contributed by atoms with Crippen LogP contribution in [0.2, 0.25) is 0 Å². The van der Waals surface area contributed by atoms with Crippen molar-refractivity contribution in [2.24, 2.45) is 0 Å². The Balaban J connectivity index is 1.32. The van der Waals surface area contributed by atoms with Crippen LogP contribution < -0.4 is 10.2 Å². The average Bonchev–Trinajstić information content (AvgIpc) is 3.16. The molecule has 0 aliphatic carbocycles. The summed E-state index contributed by atoms with van der Waals surface area (Å²) in [4.78, 5) is 16.5. The van der Waals surface area contributed by atoms with E-state index in [1.807, 2.05) is 22.7 Å². The number of carbonyl (C=O) groups is 1. The molecular weight excluding hydrogens is 338 g/mol. The number of urea groups is 1. The molecule has 0 saturated carbocycles. The van der Waals surface area contributed by atoms with Gasteiger partial charge in [-0.2, -0.15) is 23.1 Å². The number of carbonyl (C=O) groups excluding carboxylic acids is 1. The quantitative estimate of drug-likeness (QED) is 0.800. The van der Waals surface area contributed by atoms with Crippen molar-refractivity contribution in [2.75, 3.05) is 43.4 Å². The molecule has 0 spiro atoms. The monoisotopic (exact) mass is 361 g/mol. The molecule has 0 bridgehead atoms. The minimum atomic E-state index is 0.0684. The minimum absolute atomic E-state index is 0.0684. The Morgan fingerprint density at radius 3 is 2.62 bits per heavy atom. The molecule has 2 amide bonds. The molecule has 1 aromatic carbocycles. The maximum Gasteiger partial charge on any atom is 0.317 e. The van der Waals surface area contributed by atoms with Crippen LogP contribution in [0.5, 0.6) is 0 Å². The van der Waals surface area contributed by atoms with Crippen molar-refractivity contribution in [3.05, 3.63) is 52.7 Å². The Bertz CT molecular complexity index is 610. The number of benzene rings is 1. The standard InChI is InChI=1S/C18H23N3OS2/c22-18(19-7-13-24-15-16-6-12-23-14-16)21-10-8-20(9-11-21)17-4-2-1-3-5-17/h1-6,12,14H,7-11,13,15H2,(H,19,22). The van der Waals surface area contributed by atoms with Gasteiger partial charge in [0.15, 0.2) is 0 Å².